The average molecular weight is 377 g/mol. The van der Waals surface area contributed by atoms with E-state index in [1.165, 1.54) is 0 Å². The molecule has 0 unspecified atom stereocenters. The molecule has 1 saturated carbocycles. The molecule has 0 saturated heterocycles. The summed E-state index contributed by atoms with van der Waals surface area (Å²) in [5, 5.41) is 0.628. The predicted octanol–water partition coefficient (Wildman–Crippen LogP) is 2.87. The van der Waals surface area contributed by atoms with E-state index in [0.717, 1.165) is 54.9 Å². The number of nitrogens with one attached hydrogen (secondary N) is 1. The molecule has 1 aliphatic carbocycles. The molecule has 2 aromatic heterocycles. The van der Waals surface area contributed by atoms with Crippen molar-refractivity contribution in [3.05, 3.63) is 73.2 Å². The van der Waals surface area contributed by atoms with Crippen molar-refractivity contribution in [3.63, 3.8) is 0 Å². The Morgan fingerprint density at radius 1 is 1.29 bits per heavy atom. The van der Waals surface area contributed by atoms with Crippen LogP contribution in [0.3, 0.4) is 0 Å². The third-order valence-corrected chi connectivity index (χ3v) is 5.84. The Balaban J connectivity index is 1.42. The second-order valence-electron chi connectivity index (χ2n) is 7.89. The van der Waals surface area contributed by atoms with E-state index in [1.54, 1.807) is 6.26 Å². The molecule has 5 rings (SSSR count). The highest BCUT2D eigenvalue weighted by Gasteiger charge is 2.29. The molecule has 6 heteroatoms. The van der Waals surface area contributed by atoms with Gasteiger partial charge >= 0.3 is 0 Å². The highest BCUT2D eigenvalue weighted by atomic mass is 16.3. The fourth-order valence-corrected chi connectivity index (χ4v) is 3.97. The normalized spacial score (nSPS) is 17.0. The zero-order valence-corrected chi connectivity index (χ0v) is 16.0. The number of aryl methyl sites for hydroxylation is 1. The van der Waals surface area contributed by atoms with E-state index in [2.05, 4.69) is 16.8 Å². The second-order valence-corrected chi connectivity index (χ2v) is 7.89. The van der Waals surface area contributed by atoms with Crippen LogP contribution in [0.5, 0.6) is 0 Å². The first kappa shape index (κ1) is 17.4. The van der Waals surface area contributed by atoms with Gasteiger partial charge in [-0.05, 0) is 37.0 Å². The van der Waals surface area contributed by atoms with Crippen LogP contribution in [0.15, 0.2) is 38.5 Å². The molecule has 0 spiro atoms. The molecule has 1 aliphatic heterocycles. The van der Waals surface area contributed by atoms with Gasteiger partial charge in [-0.2, -0.15) is 0 Å². The van der Waals surface area contributed by atoms with Crippen LogP contribution in [0.4, 0.5) is 0 Å². The second kappa shape index (κ2) is 6.71. The Morgan fingerprint density at radius 2 is 2.14 bits per heavy atom. The lowest BCUT2D eigenvalue weighted by atomic mass is 10.0. The lowest BCUT2D eigenvalue weighted by molar-refractivity contribution is 0.239. The van der Waals surface area contributed by atoms with E-state index in [1.807, 2.05) is 18.2 Å². The van der Waals surface area contributed by atoms with Crippen molar-refractivity contribution in [2.45, 2.75) is 51.6 Å². The number of hydrogen-bond donors (Lipinski definition) is 1. The van der Waals surface area contributed by atoms with E-state index in [9.17, 15) is 9.59 Å². The molecule has 0 atom stereocenters. The smallest absolute Gasteiger partial charge is 0.255 e. The quantitative estimate of drug-likeness (QED) is 0.756. The molecule has 1 fully saturated rings. The summed E-state index contributed by atoms with van der Waals surface area (Å²) in [5.41, 5.74) is 3.99. The molecule has 0 radical (unpaired) electrons. The minimum Gasteiger partial charge on any atom is -0.464 e. The fourth-order valence-electron chi connectivity index (χ4n) is 3.97. The van der Waals surface area contributed by atoms with Gasteiger partial charge < -0.3 is 9.40 Å². The number of nitrogens with zero attached hydrogens (tertiary/aromatic N) is 2. The number of hydrogen-bond acceptors (Lipinski definition) is 5. The summed E-state index contributed by atoms with van der Waals surface area (Å²) in [6.45, 7) is 3.82. The van der Waals surface area contributed by atoms with Crippen LogP contribution in [0.2, 0.25) is 0 Å². The molecule has 28 heavy (non-hydrogen) atoms. The highest BCUT2D eigenvalue weighted by Crippen LogP contribution is 2.37. The molecular formula is C22H23N3O3. The molecule has 3 heterocycles. The number of benzene rings is 1. The molecule has 1 aromatic carbocycles. The zero-order valence-electron chi connectivity index (χ0n) is 16.0. The van der Waals surface area contributed by atoms with Crippen LogP contribution in [-0.2, 0) is 25.9 Å². The van der Waals surface area contributed by atoms with Crippen molar-refractivity contribution in [1.29, 1.82) is 0 Å². The van der Waals surface area contributed by atoms with Gasteiger partial charge in [0.05, 0.1) is 22.9 Å². The van der Waals surface area contributed by atoms with Crippen molar-refractivity contribution < 1.29 is 4.42 Å². The Kier molecular flexibility index (Phi) is 4.16. The van der Waals surface area contributed by atoms with Crippen LogP contribution < -0.4 is 11.0 Å². The van der Waals surface area contributed by atoms with Crippen LogP contribution in [0, 0.1) is 0 Å². The Morgan fingerprint density at radius 3 is 2.93 bits per heavy atom. The number of aromatic nitrogens is 2. The Hall–Kier alpha value is -2.73. The SMILES string of the molecule is CCc1ccc2occ(CN3CCc4nc(C5CC5)[nH]c(=O)c4C3)c(=O)c2c1. The van der Waals surface area contributed by atoms with Crippen LogP contribution in [-0.4, -0.2) is 21.4 Å². The first-order chi connectivity index (χ1) is 13.6. The van der Waals surface area contributed by atoms with Crippen molar-refractivity contribution in [2.75, 3.05) is 6.54 Å². The number of aromatic amines is 1. The van der Waals surface area contributed by atoms with Crippen LogP contribution >= 0.6 is 0 Å². The van der Waals surface area contributed by atoms with Gasteiger partial charge in [0, 0.05) is 37.5 Å². The van der Waals surface area contributed by atoms with Gasteiger partial charge in [-0.15, -0.1) is 0 Å². The minimum atomic E-state index is -0.0327. The summed E-state index contributed by atoms with van der Waals surface area (Å²) in [7, 11) is 0. The van der Waals surface area contributed by atoms with Gasteiger partial charge in [0.15, 0.2) is 5.43 Å². The standard InChI is InChI=1S/C22H23N3O3/c1-2-13-3-6-19-16(9-13)20(26)15(12-28-19)10-25-8-7-18-17(11-25)22(27)24-21(23-18)14-4-5-14/h3,6,9,12,14H,2,4-5,7-8,10-11H2,1H3,(H,23,24,27). The lowest BCUT2D eigenvalue weighted by Gasteiger charge is -2.27. The van der Waals surface area contributed by atoms with Gasteiger partial charge in [0.2, 0.25) is 0 Å². The van der Waals surface area contributed by atoms with E-state index in [0.29, 0.717) is 35.5 Å². The third-order valence-electron chi connectivity index (χ3n) is 5.84. The summed E-state index contributed by atoms with van der Waals surface area (Å²) < 4.78 is 5.70. The van der Waals surface area contributed by atoms with Gasteiger partial charge in [0.25, 0.3) is 5.56 Å². The summed E-state index contributed by atoms with van der Waals surface area (Å²) >= 11 is 0. The predicted molar refractivity (Wildman–Crippen MR) is 107 cm³/mol. The van der Waals surface area contributed by atoms with E-state index < -0.39 is 0 Å². The van der Waals surface area contributed by atoms with Crippen molar-refractivity contribution in [3.8, 4) is 0 Å². The van der Waals surface area contributed by atoms with E-state index >= 15 is 0 Å². The minimum absolute atomic E-state index is 0.0125. The van der Waals surface area contributed by atoms with Gasteiger partial charge in [-0.1, -0.05) is 13.0 Å². The number of rotatable bonds is 4. The maximum absolute atomic E-state index is 12.9. The van der Waals surface area contributed by atoms with Crippen molar-refractivity contribution >= 4 is 11.0 Å². The monoisotopic (exact) mass is 377 g/mol. The fraction of sp³-hybridized carbons (Fsp3) is 0.409. The number of fused-ring (bicyclic) bond motifs is 2. The van der Waals surface area contributed by atoms with Crippen molar-refractivity contribution in [1.82, 2.24) is 14.9 Å². The summed E-state index contributed by atoms with van der Waals surface area (Å²) in [6, 6.07) is 5.77. The molecule has 6 nitrogen and oxygen atoms in total. The maximum Gasteiger partial charge on any atom is 0.255 e. The summed E-state index contributed by atoms with van der Waals surface area (Å²) in [5.74, 6) is 1.28. The number of H-pyrrole nitrogens is 1. The van der Waals surface area contributed by atoms with Crippen LogP contribution in [0.25, 0.3) is 11.0 Å². The topological polar surface area (TPSA) is 79.2 Å². The summed E-state index contributed by atoms with van der Waals surface area (Å²) in [4.78, 5) is 35.2. The molecule has 2 aliphatic rings. The van der Waals surface area contributed by atoms with Crippen LogP contribution in [0.1, 0.15) is 53.9 Å². The largest absolute Gasteiger partial charge is 0.464 e. The van der Waals surface area contributed by atoms with E-state index in [4.69, 9.17) is 9.40 Å². The molecule has 0 bridgehead atoms. The highest BCUT2D eigenvalue weighted by molar-refractivity contribution is 5.77. The Bertz CT molecular complexity index is 1170. The molecular weight excluding hydrogens is 354 g/mol. The first-order valence-electron chi connectivity index (χ1n) is 10.00. The first-order valence-corrected chi connectivity index (χ1v) is 10.00. The average Bonchev–Trinajstić information content (AvgIpc) is 3.55. The van der Waals surface area contributed by atoms with E-state index in [-0.39, 0.29) is 11.0 Å². The van der Waals surface area contributed by atoms with Crippen molar-refractivity contribution in [2.24, 2.45) is 0 Å². The molecule has 1 N–H and O–H groups in total. The molecule has 0 amide bonds. The summed E-state index contributed by atoms with van der Waals surface area (Å²) in [6.07, 6.45) is 5.40. The zero-order chi connectivity index (χ0) is 19.3. The Labute approximate surface area is 162 Å². The molecule has 3 aromatic rings. The lowest BCUT2D eigenvalue weighted by Crippen LogP contribution is -2.36. The molecule has 144 valence electrons. The van der Waals surface area contributed by atoms with Gasteiger partial charge in [-0.25, -0.2) is 4.98 Å². The van der Waals surface area contributed by atoms with Gasteiger partial charge in [-0.3, -0.25) is 14.5 Å². The van der Waals surface area contributed by atoms with Gasteiger partial charge in [0.1, 0.15) is 11.4 Å². The maximum atomic E-state index is 12.9. The third kappa shape index (κ3) is 3.07.